The molecule has 3 unspecified atom stereocenters. The number of carbonyl (C=O) groups is 2. The van der Waals surface area contributed by atoms with E-state index in [-0.39, 0.29) is 18.0 Å². The molecule has 0 aromatic rings. The lowest BCUT2D eigenvalue weighted by molar-refractivity contribution is -0.143. The van der Waals surface area contributed by atoms with Gasteiger partial charge >= 0.3 is 12.0 Å². The zero-order valence-electron chi connectivity index (χ0n) is 12.1. The number of amides is 2. The first-order valence-electron chi connectivity index (χ1n) is 7.17. The van der Waals surface area contributed by atoms with E-state index < -0.39 is 5.97 Å². The molecule has 19 heavy (non-hydrogen) atoms. The van der Waals surface area contributed by atoms with Gasteiger partial charge in [0.1, 0.15) is 0 Å². The first-order chi connectivity index (χ1) is 8.90. The Morgan fingerprint density at radius 1 is 1.26 bits per heavy atom. The first-order valence-corrected chi connectivity index (χ1v) is 7.17. The van der Waals surface area contributed by atoms with E-state index in [1.165, 1.54) is 0 Å². The van der Waals surface area contributed by atoms with E-state index in [4.69, 9.17) is 5.11 Å². The maximum atomic E-state index is 11.7. The third-order valence-electron chi connectivity index (χ3n) is 4.08. The fourth-order valence-corrected chi connectivity index (χ4v) is 2.27. The number of carbonyl (C=O) groups excluding carboxylic acids is 1. The molecule has 3 N–H and O–H groups in total. The fraction of sp³-hybridized carbons (Fsp3) is 0.857. The highest BCUT2D eigenvalue weighted by Crippen LogP contribution is 2.24. The minimum atomic E-state index is -0.750. The highest BCUT2D eigenvalue weighted by atomic mass is 16.4. The van der Waals surface area contributed by atoms with Crippen molar-refractivity contribution in [2.75, 3.05) is 6.54 Å². The van der Waals surface area contributed by atoms with Gasteiger partial charge in [0.05, 0.1) is 5.92 Å². The largest absolute Gasteiger partial charge is 0.481 e. The Hall–Kier alpha value is -1.26. The Morgan fingerprint density at radius 2 is 1.95 bits per heavy atom. The van der Waals surface area contributed by atoms with Crippen LogP contribution in [0.5, 0.6) is 0 Å². The Bertz CT molecular complexity index is 318. The van der Waals surface area contributed by atoms with Crippen LogP contribution in [0.4, 0.5) is 4.79 Å². The summed E-state index contributed by atoms with van der Waals surface area (Å²) in [6, 6.07) is -0.187. The molecule has 0 aromatic heterocycles. The van der Waals surface area contributed by atoms with Crippen LogP contribution in [0.1, 0.15) is 46.5 Å². The minimum Gasteiger partial charge on any atom is -0.481 e. The Kier molecular flexibility index (Phi) is 6.12. The molecule has 2 amide bonds. The van der Waals surface area contributed by atoms with Gasteiger partial charge in [-0.3, -0.25) is 4.79 Å². The van der Waals surface area contributed by atoms with E-state index >= 15 is 0 Å². The number of carboxylic acids is 1. The van der Waals surface area contributed by atoms with Crippen molar-refractivity contribution >= 4 is 12.0 Å². The Morgan fingerprint density at radius 3 is 2.53 bits per heavy atom. The fourth-order valence-electron chi connectivity index (χ4n) is 2.27. The molecule has 1 aliphatic rings. The predicted octanol–water partition coefficient (Wildman–Crippen LogP) is 2.22. The maximum Gasteiger partial charge on any atom is 0.315 e. The van der Waals surface area contributed by atoms with E-state index in [2.05, 4.69) is 31.4 Å². The van der Waals surface area contributed by atoms with Crippen LogP contribution in [-0.4, -0.2) is 29.7 Å². The molecular formula is C14H26N2O3. The average molecular weight is 270 g/mol. The SMILES string of the molecule is CC(C)C(C)CNC(=O)NC1CCCC(C(=O)O)C1. The van der Waals surface area contributed by atoms with Crippen LogP contribution in [0, 0.1) is 17.8 Å². The molecule has 0 aromatic carbocycles. The lowest BCUT2D eigenvalue weighted by Gasteiger charge is -2.27. The first kappa shape index (κ1) is 15.8. The highest BCUT2D eigenvalue weighted by molar-refractivity contribution is 5.74. The minimum absolute atomic E-state index is 0.00999. The molecule has 110 valence electrons. The number of nitrogens with one attached hydrogen (secondary N) is 2. The van der Waals surface area contributed by atoms with Gasteiger partial charge in [0.15, 0.2) is 0 Å². The summed E-state index contributed by atoms with van der Waals surface area (Å²) in [7, 11) is 0. The second-order valence-corrected chi connectivity index (χ2v) is 5.97. The molecule has 0 heterocycles. The molecule has 1 aliphatic carbocycles. The van der Waals surface area contributed by atoms with Crippen LogP contribution in [0.2, 0.25) is 0 Å². The van der Waals surface area contributed by atoms with Crippen molar-refractivity contribution in [3.8, 4) is 0 Å². The van der Waals surface area contributed by atoms with Gasteiger partial charge in [-0.15, -0.1) is 0 Å². The summed E-state index contributed by atoms with van der Waals surface area (Å²) in [5, 5.41) is 14.7. The van der Waals surface area contributed by atoms with Crippen molar-refractivity contribution in [3.05, 3.63) is 0 Å². The van der Waals surface area contributed by atoms with Gasteiger partial charge in [0, 0.05) is 12.6 Å². The molecule has 1 fully saturated rings. The molecule has 5 nitrogen and oxygen atoms in total. The lowest BCUT2D eigenvalue weighted by atomic mass is 9.86. The molecule has 5 heteroatoms. The summed E-state index contributed by atoms with van der Waals surface area (Å²) in [6.07, 6.45) is 3.00. The summed E-state index contributed by atoms with van der Waals surface area (Å²) < 4.78 is 0. The average Bonchev–Trinajstić information content (AvgIpc) is 2.36. The predicted molar refractivity (Wildman–Crippen MR) is 73.9 cm³/mol. The zero-order valence-corrected chi connectivity index (χ0v) is 12.1. The summed E-state index contributed by atoms with van der Waals surface area (Å²) >= 11 is 0. The summed E-state index contributed by atoms with van der Waals surface area (Å²) in [5.74, 6) is -0.0933. The molecule has 0 saturated heterocycles. The lowest BCUT2D eigenvalue weighted by Crippen LogP contribution is -2.46. The van der Waals surface area contributed by atoms with Gasteiger partial charge in [-0.2, -0.15) is 0 Å². The third kappa shape index (κ3) is 5.49. The number of hydrogen-bond acceptors (Lipinski definition) is 2. The van der Waals surface area contributed by atoms with Gasteiger partial charge in [-0.25, -0.2) is 4.79 Å². The smallest absolute Gasteiger partial charge is 0.315 e. The molecule has 0 spiro atoms. The van der Waals surface area contributed by atoms with Gasteiger partial charge in [0.2, 0.25) is 0 Å². The topological polar surface area (TPSA) is 78.4 Å². The third-order valence-corrected chi connectivity index (χ3v) is 4.08. The molecule has 0 radical (unpaired) electrons. The van der Waals surface area contributed by atoms with E-state index in [1.54, 1.807) is 0 Å². The normalized spacial score (nSPS) is 24.8. The maximum absolute atomic E-state index is 11.7. The molecular weight excluding hydrogens is 244 g/mol. The second-order valence-electron chi connectivity index (χ2n) is 5.97. The van der Waals surface area contributed by atoms with Crippen molar-refractivity contribution in [2.24, 2.45) is 17.8 Å². The van der Waals surface area contributed by atoms with Crippen molar-refractivity contribution in [3.63, 3.8) is 0 Å². The Balaban J connectivity index is 2.30. The van der Waals surface area contributed by atoms with Gasteiger partial charge in [0.25, 0.3) is 0 Å². The quantitative estimate of drug-likeness (QED) is 0.716. The van der Waals surface area contributed by atoms with E-state index in [0.717, 1.165) is 19.3 Å². The zero-order chi connectivity index (χ0) is 14.4. The standard InChI is InChI=1S/C14H26N2O3/c1-9(2)10(3)8-15-14(19)16-12-6-4-5-11(7-12)13(17)18/h9-12H,4-8H2,1-3H3,(H,17,18)(H2,15,16,19). The van der Waals surface area contributed by atoms with Crippen molar-refractivity contribution in [2.45, 2.75) is 52.5 Å². The van der Waals surface area contributed by atoms with E-state index in [1.807, 2.05) is 0 Å². The summed E-state index contributed by atoms with van der Waals surface area (Å²) in [6.45, 7) is 7.01. The summed E-state index contributed by atoms with van der Waals surface area (Å²) in [4.78, 5) is 22.7. The van der Waals surface area contributed by atoms with Gasteiger partial charge in [-0.05, 0) is 31.1 Å². The van der Waals surface area contributed by atoms with Crippen molar-refractivity contribution in [1.82, 2.24) is 10.6 Å². The highest BCUT2D eigenvalue weighted by Gasteiger charge is 2.27. The van der Waals surface area contributed by atoms with Crippen molar-refractivity contribution in [1.29, 1.82) is 0 Å². The molecule has 3 atom stereocenters. The molecule has 1 rings (SSSR count). The summed E-state index contributed by atoms with van der Waals surface area (Å²) in [5.41, 5.74) is 0. The van der Waals surface area contributed by atoms with Gasteiger partial charge in [-0.1, -0.05) is 27.2 Å². The van der Waals surface area contributed by atoms with E-state index in [9.17, 15) is 9.59 Å². The molecule has 0 aliphatic heterocycles. The Labute approximate surface area is 115 Å². The number of urea groups is 1. The van der Waals surface area contributed by atoms with Crippen LogP contribution in [0.15, 0.2) is 0 Å². The molecule has 0 bridgehead atoms. The van der Waals surface area contributed by atoms with E-state index in [0.29, 0.717) is 24.8 Å². The monoisotopic (exact) mass is 270 g/mol. The molecule has 1 saturated carbocycles. The number of rotatable bonds is 5. The van der Waals surface area contributed by atoms with Crippen LogP contribution in [0.25, 0.3) is 0 Å². The number of hydrogen-bond donors (Lipinski definition) is 3. The van der Waals surface area contributed by atoms with Crippen molar-refractivity contribution < 1.29 is 14.7 Å². The van der Waals surface area contributed by atoms with Crippen LogP contribution >= 0.6 is 0 Å². The second kappa shape index (κ2) is 7.36. The van der Waals surface area contributed by atoms with Gasteiger partial charge < -0.3 is 15.7 Å². The van der Waals surface area contributed by atoms with Crippen LogP contribution in [0.3, 0.4) is 0 Å². The number of aliphatic carboxylic acids is 1. The van der Waals surface area contributed by atoms with Crippen LogP contribution in [-0.2, 0) is 4.79 Å². The number of carboxylic acid groups (broad SMARTS) is 1. The van der Waals surface area contributed by atoms with Crippen LogP contribution < -0.4 is 10.6 Å².